The van der Waals surface area contributed by atoms with Crippen molar-refractivity contribution in [2.75, 3.05) is 13.7 Å². The molecule has 0 fully saturated rings. The summed E-state index contributed by atoms with van der Waals surface area (Å²) in [6.07, 6.45) is 2.82. The van der Waals surface area contributed by atoms with Crippen LogP contribution in [0.25, 0.3) is 0 Å². The highest BCUT2D eigenvalue weighted by Gasteiger charge is 2.12. The van der Waals surface area contributed by atoms with Crippen molar-refractivity contribution < 1.29 is 24.2 Å². The summed E-state index contributed by atoms with van der Waals surface area (Å²) in [6.45, 7) is 3.02. The van der Waals surface area contributed by atoms with E-state index < -0.39 is 5.97 Å². The molecule has 1 aromatic rings. The molecule has 0 unspecified atom stereocenters. The van der Waals surface area contributed by atoms with E-state index in [1.165, 1.54) is 0 Å². The molecule has 0 heterocycles. The minimum absolute atomic E-state index is 0.0980. The summed E-state index contributed by atoms with van der Waals surface area (Å²) in [5, 5.41) is 13.0. The van der Waals surface area contributed by atoms with E-state index in [0.717, 1.165) is 29.3 Å². The average Bonchev–Trinajstić information content (AvgIpc) is 2.55. The summed E-state index contributed by atoms with van der Waals surface area (Å²) < 4.78 is 11.9. The Bertz CT molecular complexity index is 562. The molecule has 1 N–H and O–H groups in total. The Morgan fingerprint density at radius 1 is 1.25 bits per heavy atom. The number of carbonyl (C=O) groups excluding carboxylic acids is 2. The Balaban J connectivity index is 2.65. The molecule has 0 aliphatic carbocycles. The summed E-state index contributed by atoms with van der Waals surface area (Å²) in [7, 11) is 1.56. The van der Waals surface area contributed by atoms with Crippen LogP contribution in [0, 0.1) is 0 Å². The summed E-state index contributed by atoms with van der Waals surface area (Å²) in [5.41, 5.74) is 0.821. The number of unbranched alkanes of at least 4 members (excludes halogenated alkanes) is 2. The molecule has 0 aliphatic rings. The molecular formula is C17H23BrNO5-. The molecule has 1 aromatic carbocycles. The first-order valence-electron chi connectivity index (χ1n) is 7.93. The SMILES string of the molecule is CCCCCOc1c(Br)cc(CNC(=O)CCC(=O)[O-])cc1OC. The van der Waals surface area contributed by atoms with Gasteiger partial charge in [-0.15, -0.1) is 0 Å². The van der Waals surface area contributed by atoms with E-state index in [0.29, 0.717) is 18.1 Å². The third kappa shape index (κ3) is 7.21. The summed E-state index contributed by atoms with van der Waals surface area (Å²) >= 11 is 3.46. The number of carboxylic acids is 1. The topological polar surface area (TPSA) is 87.7 Å². The first kappa shape index (κ1) is 20.3. The van der Waals surface area contributed by atoms with E-state index in [9.17, 15) is 14.7 Å². The number of amides is 1. The Labute approximate surface area is 150 Å². The summed E-state index contributed by atoms with van der Waals surface area (Å²) in [4.78, 5) is 21.9. The van der Waals surface area contributed by atoms with Gasteiger partial charge >= 0.3 is 0 Å². The van der Waals surface area contributed by atoms with E-state index in [-0.39, 0.29) is 25.3 Å². The highest BCUT2D eigenvalue weighted by Crippen LogP contribution is 2.36. The second-order valence-corrected chi connectivity index (χ2v) is 6.17. The molecule has 0 aliphatic heterocycles. The molecule has 134 valence electrons. The number of methoxy groups -OCH3 is 1. The Morgan fingerprint density at radius 2 is 2.00 bits per heavy atom. The number of hydrogen-bond donors (Lipinski definition) is 1. The van der Waals surface area contributed by atoms with Gasteiger partial charge in [-0.25, -0.2) is 0 Å². The lowest BCUT2D eigenvalue weighted by Gasteiger charge is -2.15. The van der Waals surface area contributed by atoms with E-state index in [1.54, 1.807) is 13.2 Å². The maximum absolute atomic E-state index is 11.6. The van der Waals surface area contributed by atoms with Gasteiger partial charge in [0.25, 0.3) is 0 Å². The standard InChI is InChI=1S/C17H24BrNO5/c1-3-4-5-8-24-17-13(18)9-12(10-14(17)23-2)11-19-15(20)6-7-16(21)22/h9-10H,3-8,11H2,1-2H3,(H,19,20)(H,21,22)/p-1. The number of benzene rings is 1. The van der Waals surface area contributed by atoms with E-state index in [4.69, 9.17) is 9.47 Å². The highest BCUT2D eigenvalue weighted by atomic mass is 79.9. The predicted molar refractivity (Wildman–Crippen MR) is 91.8 cm³/mol. The second kappa shape index (κ2) is 10.9. The number of aliphatic carboxylic acids is 1. The number of nitrogens with one attached hydrogen (secondary N) is 1. The number of carbonyl (C=O) groups is 2. The average molecular weight is 401 g/mol. The minimum Gasteiger partial charge on any atom is -0.550 e. The largest absolute Gasteiger partial charge is 0.550 e. The van der Waals surface area contributed by atoms with Crippen LogP contribution >= 0.6 is 15.9 Å². The van der Waals surface area contributed by atoms with Crippen LogP contribution in [0.15, 0.2) is 16.6 Å². The van der Waals surface area contributed by atoms with Crippen molar-refractivity contribution in [3.8, 4) is 11.5 Å². The molecule has 0 saturated heterocycles. The predicted octanol–water partition coefficient (Wildman–Crippen LogP) is 2.17. The fourth-order valence-corrected chi connectivity index (χ4v) is 2.65. The Kier molecular flexibility index (Phi) is 9.22. The summed E-state index contributed by atoms with van der Waals surface area (Å²) in [6, 6.07) is 3.63. The monoisotopic (exact) mass is 400 g/mol. The molecule has 7 heteroatoms. The number of rotatable bonds is 11. The number of hydrogen-bond acceptors (Lipinski definition) is 5. The van der Waals surface area contributed by atoms with Crippen molar-refractivity contribution in [1.29, 1.82) is 0 Å². The zero-order valence-corrected chi connectivity index (χ0v) is 15.6. The van der Waals surface area contributed by atoms with Crippen LogP contribution in [0.2, 0.25) is 0 Å². The molecule has 24 heavy (non-hydrogen) atoms. The van der Waals surface area contributed by atoms with Crippen LogP contribution in [0.1, 0.15) is 44.6 Å². The van der Waals surface area contributed by atoms with Crippen LogP contribution in [-0.4, -0.2) is 25.6 Å². The van der Waals surface area contributed by atoms with Gasteiger partial charge in [-0.3, -0.25) is 4.79 Å². The summed E-state index contributed by atoms with van der Waals surface area (Å²) in [5.74, 6) is -0.353. The molecule has 1 amide bonds. The first-order valence-corrected chi connectivity index (χ1v) is 8.73. The van der Waals surface area contributed by atoms with Crippen molar-refractivity contribution in [2.24, 2.45) is 0 Å². The van der Waals surface area contributed by atoms with Crippen molar-refractivity contribution in [2.45, 2.75) is 45.6 Å². The molecule has 0 saturated carbocycles. The zero-order chi connectivity index (χ0) is 17.9. The van der Waals surface area contributed by atoms with Crippen molar-refractivity contribution in [1.82, 2.24) is 5.32 Å². The van der Waals surface area contributed by atoms with Gasteiger partial charge < -0.3 is 24.7 Å². The number of halogens is 1. The maximum atomic E-state index is 11.6. The lowest BCUT2D eigenvalue weighted by Crippen LogP contribution is -2.27. The van der Waals surface area contributed by atoms with Gasteiger partial charge in [0.2, 0.25) is 5.91 Å². The van der Waals surface area contributed by atoms with Gasteiger partial charge in [0, 0.05) is 18.9 Å². The fourth-order valence-electron chi connectivity index (χ4n) is 2.05. The molecule has 0 spiro atoms. The Hall–Kier alpha value is -1.76. The second-order valence-electron chi connectivity index (χ2n) is 5.31. The molecule has 6 nitrogen and oxygen atoms in total. The van der Waals surface area contributed by atoms with Crippen LogP contribution < -0.4 is 19.9 Å². The van der Waals surface area contributed by atoms with Crippen LogP contribution in [-0.2, 0) is 16.1 Å². The third-order valence-electron chi connectivity index (χ3n) is 3.33. The lowest BCUT2D eigenvalue weighted by atomic mass is 10.2. The van der Waals surface area contributed by atoms with Crippen molar-refractivity contribution in [3.63, 3.8) is 0 Å². The number of ether oxygens (including phenoxy) is 2. The van der Waals surface area contributed by atoms with Gasteiger partial charge in [0.05, 0.1) is 18.2 Å². The quantitative estimate of drug-likeness (QED) is 0.575. The fraction of sp³-hybridized carbons (Fsp3) is 0.529. The van der Waals surface area contributed by atoms with E-state index >= 15 is 0 Å². The molecular weight excluding hydrogens is 378 g/mol. The van der Waals surface area contributed by atoms with Gasteiger partial charge in [-0.1, -0.05) is 19.8 Å². The van der Waals surface area contributed by atoms with E-state index in [1.807, 2.05) is 6.07 Å². The molecule has 0 bridgehead atoms. The van der Waals surface area contributed by atoms with Crippen LogP contribution in [0.5, 0.6) is 11.5 Å². The zero-order valence-electron chi connectivity index (χ0n) is 14.0. The van der Waals surface area contributed by atoms with E-state index in [2.05, 4.69) is 28.2 Å². The maximum Gasteiger partial charge on any atom is 0.220 e. The molecule has 0 radical (unpaired) electrons. The lowest BCUT2D eigenvalue weighted by molar-refractivity contribution is -0.305. The van der Waals surface area contributed by atoms with Crippen molar-refractivity contribution >= 4 is 27.8 Å². The molecule has 0 aromatic heterocycles. The minimum atomic E-state index is -1.24. The smallest absolute Gasteiger partial charge is 0.220 e. The molecule has 0 atom stereocenters. The third-order valence-corrected chi connectivity index (χ3v) is 3.92. The highest BCUT2D eigenvalue weighted by molar-refractivity contribution is 9.10. The Morgan fingerprint density at radius 3 is 2.62 bits per heavy atom. The van der Waals surface area contributed by atoms with Gasteiger partial charge in [0.15, 0.2) is 11.5 Å². The van der Waals surface area contributed by atoms with Gasteiger partial charge in [-0.05, 0) is 46.5 Å². The van der Waals surface area contributed by atoms with Gasteiger partial charge in [0.1, 0.15) is 0 Å². The molecule has 1 rings (SSSR count). The van der Waals surface area contributed by atoms with Crippen LogP contribution in [0.3, 0.4) is 0 Å². The van der Waals surface area contributed by atoms with Gasteiger partial charge in [-0.2, -0.15) is 0 Å². The van der Waals surface area contributed by atoms with Crippen LogP contribution in [0.4, 0.5) is 0 Å². The first-order chi connectivity index (χ1) is 11.5. The normalized spacial score (nSPS) is 10.3. The number of carboxylic acid groups (broad SMARTS) is 1. The van der Waals surface area contributed by atoms with Crippen molar-refractivity contribution in [3.05, 3.63) is 22.2 Å².